The fraction of sp³-hybridized carbons (Fsp3) is 0.483. The number of benzene rings is 2. The van der Waals surface area contributed by atoms with Gasteiger partial charge in [-0.15, -0.1) is 0 Å². The molecule has 0 bridgehead atoms. The van der Waals surface area contributed by atoms with Crippen molar-refractivity contribution in [3.05, 3.63) is 54.1 Å². The van der Waals surface area contributed by atoms with Crippen molar-refractivity contribution in [1.82, 2.24) is 9.80 Å². The van der Waals surface area contributed by atoms with Gasteiger partial charge >= 0.3 is 0 Å². The molecule has 8 nitrogen and oxygen atoms in total. The number of nitrogens with one attached hydrogen (secondary N) is 1. The van der Waals surface area contributed by atoms with Gasteiger partial charge in [0.2, 0.25) is 11.8 Å². The monoisotopic (exact) mass is 506 g/mol. The van der Waals surface area contributed by atoms with Crippen LogP contribution in [-0.2, 0) is 9.59 Å². The highest BCUT2D eigenvalue weighted by molar-refractivity contribution is 5.95. The summed E-state index contributed by atoms with van der Waals surface area (Å²) in [4.78, 5) is 44.2. The second-order valence-corrected chi connectivity index (χ2v) is 9.84. The minimum atomic E-state index is -0.168. The second-order valence-electron chi connectivity index (χ2n) is 9.84. The second kappa shape index (κ2) is 12.6. The third-order valence-electron chi connectivity index (χ3n) is 7.26. The van der Waals surface area contributed by atoms with Crippen LogP contribution in [0.4, 0.5) is 11.4 Å². The van der Waals surface area contributed by atoms with Crippen LogP contribution in [0.15, 0.2) is 48.5 Å². The van der Waals surface area contributed by atoms with E-state index in [2.05, 4.69) is 10.2 Å². The molecule has 1 saturated heterocycles. The average molecular weight is 507 g/mol. The normalized spacial score (nSPS) is 15.9. The Balaban J connectivity index is 1.27. The molecule has 0 spiro atoms. The lowest BCUT2D eigenvalue weighted by Gasteiger charge is -2.36. The lowest BCUT2D eigenvalue weighted by atomic mass is 10.1. The Hall–Kier alpha value is -3.55. The van der Waals surface area contributed by atoms with Crippen molar-refractivity contribution in [2.45, 2.75) is 39.0 Å². The minimum Gasteiger partial charge on any atom is -0.497 e. The summed E-state index contributed by atoms with van der Waals surface area (Å²) >= 11 is 0. The van der Waals surface area contributed by atoms with Crippen LogP contribution in [-0.4, -0.2) is 73.9 Å². The third kappa shape index (κ3) is 6.81. The maximum absolute atomic E-state index is 12.8. The van der Waals surface area contributed by atoms with Gasteiger partial charge in [-0.25, -0.2) is 0 Å². The van der Waals surface area contributed by atoms with Gasteiger partial charge < -0.3 is 24.8 Å². The highest BCUT2D eigenvalue weighted by Crippen LogP contribution is 2.27. The summed E-state index contributed by atoms with van der Waals surface area (Å²) in [6.07, 6.45) is 4.91. The van der Waals surface area contributed by atoms with Gasteiger partial charge in [0.25, 0.3) is 5.91 Å². The highest BCUT2D eigenvalue weighted by atomic mass is 16.5. The molecule has 37 heavy (non-hydrogen) atoms. The summed E-state index contributed by atoms with van der Waals surface area (Å²) in [5.74, 6) is 0.791. The first-order chi connectivity index (χ1) is 18.0. The third-order valence-corrected chi connectivity index (χ3v) is 7.26. The predicted octanol–water partition coefficient (Wildman–Crippen LogP) is 4.02. The number of rotatable bonds is 9. The van der Waals surface area contributed by atoms with Crippen molar-refractivity contribution in [3.8, 4) is 5.75 Å². The van der Waals surface area contributed by atoms with Crippen LogP contribution in [0.1, 0.15) is 49.4 Å². The van der Waals surface area contributed by atoms with Gasteiger partial charge in [-0.05, 0) is 67.8 Å². The molecule has 0 radical (unpaired) electrons. The fourth-order valence-corrected chi connectivity index (χ4v) is 5.18. The van der Waals surface area contributed by atoms with Gasteiger partial charge in [-0.1, -0.05) is 19.8 Å². The summed E-state index contributed by atoms with van der Waals surface area (Å²) < 4.78 is 5.17. The van der Waals surface area contributed by atoms with Gasteiger partial charge in [0.15, 0.2) is 0 Å². The molecule has 4 rings (SSSR count). The van der Waals surface area contributed by atoms with Crippen molar-refractivity contribution in [1.29, 1.82) is 0 Å². The molecule has 0 atom stereocenters. The van der Waals surface area contributed by atoms with Crippen LogP contribution in [0.3, 0.4) is 0 Å². The number of amides is 3. The molecular weight excluding hydrogens is 468 g/mol. The van der Waals surface area contributed by atoms with E-state index in [1.54, 1.807) is 36.3 Å². The first kappa shape index (κ1) is 26.5. The molecule has 198 valence electrons. The average Bonchev–Trinajstić information content (AvgIpc) is 3.48. The maximum atomic E-state index is 12.8. The summed E-state index contributed by atoms with van der Waals surface area (Å²) in [6, 6.07) is 15.0. The standard InChI is InChI=1S/C29H38N4O4/c1-3-16-33(29(36)22-6-4-5-7-22)21-27(34)30-24-10-12-25(13-11-24)31-17-19-32(20-18-31)28(35)23-8-14-26(37-2)15-9-23/h8-15,22H,3-7,16-21H2,1-2H3,(H,30,34). The number of carbonyl (C=O) groups is 3. The summed E-state index contributed by atoms with van der Waals surface area (Å²) in [6.45, 7) is 5.49. The smallest absolute Gasteiger partial charge is 0.253 e. The van der Waals surface area contributed by atoms with Gasteiger partial charge in [0.05, 0.1) is 13.7 Å². The van der Waals surface area contributed by atoms with Crippen molar-refractivity contribution in [2.75, 3.05) is 56.6 Å². The molecule has 2 aliphatic rings. The molecule has 1 N–H and O–H groups in total. The molecule has 2 aromatic rings. The zero-order valence-electron chi connectivity index (χ0n) is 21.9. The highest BCUT2D eigenvalue weighted by Gasteiger charge is 2.28. The van der Waals surface area contributed by atoms with Gasteiger partial charge in [0.1, 0.15) is 5.75 Å². The number of hydrogen-bond acceptors (Lipinski definition) is 5. The van der Waals surface area contributed by atoms with E-state index in [0.717, 1.165) is 56.6 Å². The lowest BCUT2D eigenvalue weighted by Crippen LogP contribution is -2.48. The molecule has 1 aliphatic heterocycles. The molecule has 2 fully saturated rings. The van der Waals surface area contributed by atoms with Crippen LogP contribution in [0, 0.1) is 5.92 Å². The number of ether oxygens (including phenoxy) is 1. The van der Waals surface area contributed by atoms with Crippen LogP contribution < -0.4 is 15.0 Å². The largest absolute Gasteiger partial charge is 0.497 e. The Morgan fingerprint density at radius 3 is 2.19 bits per heavy atom. The first-order valence-electron chi connectivity index (χ1n) is 13.4. The number of carbonyl (C=O) groups excluding carboxylic acids is 3. The molecular formula is C29H38N4O4. The van der Waals surface area contributed by atoms with Crippen LogP contribution >= 0.6 is 0 Å². The number of hydrogen-bond donors (Lipinski definition) is 1. The van der Waals surface area contributed by atoms with Crippen LogP contribution in [0.2, 0.25) is 0 Å². The van der Waals surface area contributed by atoms with Gasteiger partial charge in [-0.2, -0.15) is 0 Å². The topological polar surface area (TPSA) is 82.2 Å². The summed E-state index contributed by atoms with van der Waals surface area (Å²) in [5, 5.41) is 2.94. The molecule has 1 saturated carbocycles. The van der Waals surface area contributed by atoms with Gasteiger partial charge in [0, 0.05) is 55.6 Å². The molecule has 0 unspecified atom stereocenters. The van der Waals surface area contributed by atoms with Crippen molar-refractivity contribution in [2.24, 2.45) is 5.92 Å². The zero-order chi connectivity index (χ0) is 26.2. The number of nitrogens with zero attached hydrogens (tertiary/aromatic N) is 3. The van der Waals surface area contributed by atoms with Gasteiger partial charge in [-0.3, -0.25) is 14.4 Å². The molecule has 1 heterocycles. The SMILES string of the molecule is CCCN(CC(=O)Nc1ccc(N2CCN(C(=O)c3ccc(OC)cc3)CC2)cc1)C(=O)C1CCCC1. The van der Waals surface area contributed by atoms with E-state index in [1.807, 2.05) is 36.1 Å². The molecule has 2 aromatic carbocycles. The summed E-state index contributed by atoms with van der Waals surface area (Å²) in [5.41, 5.74) is 2.43. The van der Waals surface area contributed by atoms with E-state index >= 15 is 0 Å². The summed E-state index contributed by atoms with van der Waals surface area (Å²) in [7, 11) is 1.61. The Bertz CT molecular complexity index is 1060. The van der Waals surface area contributed by atoms with E-state index in [4.69, 9.17) is 4.74 Å². The van der Waals surface area contributed by atoms with E-state index in [0.29, 0.717) is 30.9 Å². The van der Waals surface area contributed by atoms with E-state index in [-0.39, 0.29) is 30.2 Å². The Kier molecular flexibility index (Phi) is 9.04. The van der Waals surface area contributed by atoms with E-state index in [9.17, 15) is 14.4 Å². The number of methoxy groups -OCH3 is 1. The van der Waals surface area contributed by atoms with Crippen molar-refractivity contribution < 1.29 is 19.1 Å². The molecule has 0 aromatic heterocycles. The first-order valence-corrected chi connectivity index (χ1v) is 13.4. The molecule has 8 heteroatoms. The van der Waals surface area contributed by atoms with E-state index < -0.39 is 0 Å². The molecule has 1 aliphatic carbocycles. The number of piperazine rings is 1. The minimum absolute atomic E-state index is 0.0314. The number of anilines is 2. The fourth-order valence-electron chi connectivity index (χ4n) is 5.18. The maximum Gasteiger partial charge on any atom is 0.253 e. The molecule has 3 amide bonds. The van der Waals surface area contributed by atoms with Crippen LogP contribution in [0.25, 0.3) is 0 Å². The Labute approximate surface area is 219 Å². The predicted molar refractivity (Wildman–Crippen MR) is 145 cm³/mol. The van der Waals surface area contributed by atoms with Crippen molar-refractivity contribution in [3.63, 3.8) is 0 Å². The van der Waals surface area contributed by atoms with E-state index in [1.165, 1.54) is 0 Å². The lowest BCUT2D eigenvalue weighted by molar-refractivity contribution is -0.138. The Morgan fingerprint density at radius 1 is 0.946 bits per heavy atom. The zero-order valence-corrected chi connectivity index (χ0v) is 21.9. The quantitative estimate of drug-likeness (QED) is 0.556. The van der Waals surface area contributed by atoms with Crippen molar-refractivity contribution >= 4 is 29.1 Å². The van der Waals surface area contributed by atoms with Crippen LogP contribution in [0.5, 0.6) is 5.75 Å². The Morgan fingerprint density at radius 2 is 1.59 bits per heavy atom.